The van der Waals surface area contributed by atoms with Gasteiger partial charge in [0, 0.05) is 83.0 Å². The van der Waals surface area contributed by atoms with E-state index < -0.39 is 0 Å². The molecule has 0 unspecified atom stereocenters. The fourth-order valence-electron chi connectivity index (χ4n) is 19.8. The monoisotopic (exact) mass is 1550 g/mol. The predicted molar refractivity (Wildman–Crippen MR) is 508 cm³/mol. The zero-order valence-corrected chi connectivity index (χ0v) is 68.5. The van der Waals surface area contributed by atoms with Crippen molar-refractivity contribution in [2.24, 2.45) is 0 Å². The molecule has 18 aromatic carbocycles. The van der Waals surface area contributed by atoms with E-state index in [1.165, 1.54) is 106 Å². The molecule has 2 aromatic heterocycles. The van der Waals surface area contributed by atoms with Crippen LogP contribution in [0.5, 0.6) is 0 Å². The molecule has 0 fully saturated rings. The Morgan fingerprint density at radius 2 is 0.413 bits per heavy atom. The Balaban J connectivity index is 0.000000145. The van der Waals surface area contributed by atoms with Crippen molar-refractivity contribution in [2.75, 3.05) is 9.80 Å². The van der Waals surface area contributed by atoms with E-state index in [1.807, 2.05) is 0 Å². The highest BCUT2D eigenvalue weighted by Crippen LogP contribution is 2.55. The number of anilines is 6. The second-order valence-electron chi connectivity index (χ2n) is 34.3. The lowest BCUT2D eigenvalue weighted by Crippen LogP contribution is -2.16. The number of para-hydroxylation sites is 2. The minimum atomic E-state index is -0.110. The summed E-state index contributed by atoms with van der Waals surface area (Å²) in [6.07, 6.45) is 0. The molecular formula is C117H86N2O2. The number of hydrogen-bond donors (Lipinski definition) is 0. The maximum atomic E-state index is 6.71. The molecule has 4 nitrogen and oxygen atoms in total. The summed E-state index contributed by atoms with van der Waals surface area (Å²) in [6, 6.07) is 150. The third-order valence-electron chi connectivity index (χ3n) is 26.2. The lowest BCUT2D eigenvalue weighted by atomic mass is 9.81. The molecule has 20 aromatic rings. The topological polar surface area (TPSA) is 32.8 Å². The third-order valence-corrected chi connectivity index (χ3v) is 26.2. The van der Waals surface area contributed by atoms with Gasteiger partial charge >= 0.3 is 0 Å². The van der Waals surface area contributed by atoms with Crippen molar-refractivity contribution in [3.05, 3.63) is 446 Å². The first kappa shape index (κ1) is 72.6. The van der Waals surface area contributed by atoms with Crippen LogP contribution in [0.4, 0.5) is 34.1 Å². The summed E-state index contributed by atoms with van der Waals surface area (Å²) >= 11 is 0. The van der Waals surface area contributed by atoms with Gasteiger partial charge in [-0.25, -0.2) is 0 Å². The first-order valence-corrected chi connectivity index (χ1v) is 42.2. The SMILES string of the molecule is CC1(C)c2ccccc2-c2ccc(-c3cc(-c4ccc(N(c5ccc(-c6ccccc6)cc5)c5ccc(-c6ccccc6)cc5)cc4)cc4c3oc3ccccc34)cc21.CC1(C)c2ccccc2-c2ccc(-c3cc(-c4ccc(N(c5ccc(-c6ccccc6)cc5)c5ccc6c(c5)C(C)(C)c5ccccc5-6)cc4)cc4c3oc3ccccc34)cc21. The molecule has 4 heteroatoms. The van der Waals surface area contributed by atoms with Crippen molar-refractivity contribution in [1.82, 2.24) is 0 Å². The number of fused-ring (bicyclic) bond motifs is 15. The van der Waals surface area contributed by atoms with Crippen molar-refractivity contribution < 1.29 is 8.83 Å². The summed E-state index contributed by atoms with van der Waals surface area (Å²) < 4.78 is 13.4. The summed E-state index contributed by atoms with van der Waals surface area (Å²) in [5.41, 5.74) is 42.5. The van der Waals surface area contributed by atoms with E-state index in [9.17, 15) is 0 Å². The molecular weight excluding hydrogens is 1470 g/mol. The van der Waals surface area contributed by atoms with Gasteiger partial charge in [-0.15, -0.1) is 0 Å². The van der Waals surface area contributed by atoms with Crippen molar-refractivity contribution in [3.8, 4) is 111 Å². The highest BCUT2D eigenvalue weighted by atomic mass is 16.3. The molecule has 2 heterocycles. The summed E-state index contributed by atoms with van der Waals surface area (Å²) in [5, 5.41) is 4.50. The quantitative estimate of drug-likeness (QED) is 0.115. The minimum absolute atomic E-state index is 0.0992. The molecule has 0 spiro atoms. The smallest absolute Gasteiger partial charge is 0.143 e. The average Bonchev–Trinajstić information content (AvgIpc) is 1.54. The third kappa shape index (κ3) is 12.3. The molecule has 3 aliphatic carbocycles. The Labute approximate surface area is 706 Å². The van der Waals surface area contributed by atoms with Crippen molar-refractivity contribution in [2.45, 2.75) is 57.8 Å². The van der Waals surface area contributed by atoms with Crippen LogP contribution in [0, 0.1) is 0 Å². The number of hydrogen-bond acceptors (Lipinski definition) is 4. The van der Waals surface area contributed by atoms with Gasteiger partial charge in [-0.3, -0.25) is 0 Å². The molecule has 0 N–H and O–H groups in total. The second kappa shape index (κ2) is 28.8. The Kier molecular flexibility index (Phi) is 17.3. The van der Waals surface area contributed by atoms with E-state index in [-0.39, 0.29) is 16.2 Å². The molecule has 0 amide bonds. The van der Waals surface area contributed by atoms with E-state index in [0.29, 0.717) is 0 Å². The standard InChI is InChI=1S/C60H45NO.C57H41NO/c1-59(2)53-19-11-8-16-46(53)48-32-26-41(36-55(48)59)51-34-42(35-52-50-18-10-13-21-57(50)62-58(51)52)40-24-29-44(30-25-40)61(43-27-22-39(23-28-43)38-14-6-5-7-15-38)45-31-33-49-47-17-9-12-20-54(47)60(3,4)56(49)37-45;1-57(2)53-19-11-9-17-48(53)49-34-27-43(37-54(49)57)51-35-44(36-52-50-18-10-12-20-55(50)59-56(51)52)42-25-32-47(33-26-42)58(45-28-21-40(22-29-45)38-13-5-3-6-14-38)46-30-23-41(24-31-46)39-15-7-4-8-16-39/h5-37H,1-4H3;3-37H,1-2H3. The van der Waals surface area contributed by atoms with Crippen LogP contribution in [-0.4, -0.2) is 0 Å². The van der Waals surface area contributed by atoms with Crippen LogP contribution in [0.2, 0.25) is 0 Å². The van der Waals surface area contributed by atoms with Crippen molar-refractivity contribution in [3.63, 3.8) is 0 Å². The Bertz CT molecular complexity index is 7330. The van der Waals surface area contributed by atoms with Gasteiger partial charge in [-0.1, -0.05) is 333 Å². The normalized spacial score (nSPS) is 13.4. The van der Waals surface area contributed by atoms with Crippen LogP contribution < -0.4 is 9.80 Å². The van der Waals surface area contributed by atoms with Gasteiger partial charge in [0.25, 0.3) is 0 Å². The molecule has 576 valence electrons. The highest BCUT2D eigenvalue weighted by molar-refractivity contribution is 6.13. The molecule has 0 saturated carbocycles. The predicted octanol–water partition coefficient (Wildman–Crippen LogP) is 32.7. The largest absolute Gasteiger partial charge is 0.455 e. The van der Waals surface area contributed by atoms with Gasteiger partial charge in [0.2, 0.25) is 0 Å². The molecule has 0 bridgehead atoms. The van der Waals surface area contributed by atoms with Crippen LogP contribution in [-0.2, 0) is 16.2 Å². The van der Waals surface area contributed by atoms with Gasteiger partial charge < -0.3 is 18.6 Å². The molecule has 23 rings (SSSR count). The molecule has 0 radical (unpaired) electrons. The van der Waals surface area contributed by atoms with E-state index in [0.717, 1.165) is 117 Å². The van der Waals surface area contributed by atoms with Crippen LogP contribution in [0.25, 0.3) is 155 Å². The first-order valence-electron chi connectivity index (χ1n) is 42.2. The highest BCUT2D eigenvalue weighted by Gasteiger charge is 2.39. The van der Waals surface area contributed by atoms with Crippen molar-refractivity contribution >= 4 is 78.0 Å². The fourth-order valence-corrected chi connectivity index (χ4v) is 19.8. The van der Waals surface area contributed by atoms with Crippen LogP contribution in [0.15, 0.2) is 421 Å². The van der Waals surface area contributed by atoms with Crippen molar-refractivity contribution in [1.29, 1.82) is 0 Å². The van der Waals surface area contributed by atoms with Crippen LogP contribution in [0.1, 0.15) is 74.9 Å². The average molecular weight is 1550 g/mol. The van der Waals surface area contributed by atoms with Gasteiger partial charge in [0.15, 0.2) is 0 Å². The lowest BCUT2D eigenvalue weighted by Gasteiger charge is -2.28. The Morgan fingerprint density at radius 3 is 0.760 bits per heavy atom. The lowest BCUT2D eigenvalue weighted by molar-refractivity contribution is 0.660. The number of benzene rings is 18. The zero-order chi connectivity index (χ0) is 81.2. The van der Waals surface area contributed by atoms with Gasteiger partial charge in [0.05, 0.1) is 0 Å². The van der Waals surface area contributed by atoms with E-state index >= 15 is 0 Å². The maximum absolute atomic E-state index is 6.71. The van der Waals surface area contributed by atoms with Gasteiger partial charge in [-0.05, 0) is 255 Å². The molecule has 0 atom stereocenters. The summed E-state index contributed by atoms with van der Waals surface area (Å²) in [5.74, 6) is 0. The summed E-state index contributed by atoms with van der Waals surface area (Å²) in [7, 11) is 0. The molecule has 0 aliphatic heterocycles. The molecule has 3 aliphatic rings. The minimum Gasteiger partial charge on any atom is -0.455 e. The van der Waals surface area contributed by atoms with Gasteiger partial charge in [-0.2, -0.15) is 0 Å². The molecule has 0 saturated heterocycles. The number of nitrogens with zero attached hydrogens (tertiary/aromatic N) is 2. The van der Waals surface area contributed by atoms with Crippen LogP contribution >= 0.6 is 0 Å². The summed E-state index contributed by atoms with van der Waals surface area (Å²) in [6.45, 7) is 14.1. The van der Waals surface area contributed by atoms with E-state index in [2.05, 4.69) is 464 Å². The molecule has 121 heavy (non-hydrogen) atoms. The van der Waals surface area contributed by atoms with E-state index in [4.69, 9.17) is 8.83 Å². The number of rotatable bonds is 13. The van der Waals surface area contributed by atoms with E-state index in [1.54, 1.807) is 0 Å². The Hall–Kier alpha value is -14.8. The number of furan rings is 2. The first-order chi connectivity index (χ1) is 59.2. The fraction of sp³-hybridized carbons (Fsp3) is 0.0769. The summed E-state index contributed by atoms with van der Waals surface area (Å²) in [4.78, 5) is 4.75. The van der Waals surface area contributed by atoms with Gasteiger partial charge in [0.1, 0.15) is 22.3 Å². The Morgan fingerprint density at radius 1 is 0.165 bits per heavy atom. The maximum Gasteiger partial charge on any atom is 0.143 e. The zero-order valence-electron chi connectivity index (χ0n) is 68.5. The second-order valence-corrected chi connectivity index (χ2v) is 34.3. The van der Waals surface area contributed by atoms with Crippen LogP contribution in [0.3, 0.4) is 0 Å².